The smallest absolute Gasteiger partial charge is 0.251 e. The van der Waals surface area contributed by atoms with Crippen molar-refractivity contribution >= 4 is 5.91 Å². The summed E-state index contributed by atoms with van der Waals surface area (Å²) in [5.41, 5.74) is 5.94. The first-order chi connectivity index (χ1) is 10.9. The van der Waals surface area contributed by atoms with Crippen LogP contribution < -0.4 is 15.8 Å². The molecule has 0 atom stereocenters. The van der Waals surface area contributed by atoms with Gasteiger partial charge in [0.2, 0.25) is 11.7 Å². The Hall–Kier alpha value is -2.41. The molecule has 1 amide bonds. The van der Waals surface area contributed by atoms with Gasteiger partial charge in [-0.3, -0.25) is 4.79 Å². The number of carbonyl (C=O) groups excluding carboxylic acids is 1. The molecule has 2 rings (SSSR count). The SMILES string of the molecule is CCc1nc(COc2ccc(C(=O)NCC(C)(C)N)cc2)no1. The number of nitrogens with one attached hydrogen (secondary N) is 1. The van der Waals surface area contributed by atoms with Crippen LogP contribution in [0.2, 0.25) is 0 Å². The number of ether oxygens (including phenoxy) is 1. The highest BCUT2D eigenvalue weighted by molar-refractivity contribution is 5.94. The standard InChI is InChI=1S/C16H22N4O3/c1-4-14-19-13(20-23-14)9-22-12-7-5-11(6-8-12)15(21)18-10-16(2,3)17/h5-8H,4,9-10,17H2,1-3H3,(H,18,21). The van der Waals surface area contributed by atoms with E-state index in [0.29, 0.717) is 36.0 Å². The highest BCUT2D eigenvalue weighted by Crippen LogP contribution is 2.14. The van der Waals surface area contributed by atoms with Gasteiger partial charge in [-0.15, -0.1) is 0 Å². The number of carbonyl (C=O) groups is 1. The van der Waals surface area contributed by atoms with Gasteiger partial charge in [0.05, 0.1) is 0 Å². The molecule has 1 heterocycles. The van der Waals surface area contributed by atoms with Crippen molar-refractivity contribution in [1.29, 1.82) is 0 Å². The Morgan fingerprint density at radius 2 is 2.04 bits per heavy atom. The molecule has 0 fully saturated rings. The molecule has 1 aromatic carbocycles. The summed E-state index contributed by atoms with van der Waals surface area (Å²) in [6.45, 7) is 6.27. The van der Waals surface area contributed by atoms with Crippen molar-refractivity contribution in [2.75, 3.05) is 6.54 Å². The van der Waals surface area contributed by atoms with Crippen LogP contribution in [0.3, 0.4) is 0 Å². The zero-order valence-electron chi connectivity index (χ0n) is 13.6. The van der Waals surface area contributed by atoms with Crippen molar-refractivity contribution < 1.29 is 14.1 Å². The van der Waals surface area contributed by atoms with Gasteiger partial charge in [0, 0.05) is 24.1 Å². The predicted octanol–water partition coefficient (Wildman–Crippen LogP) is 1.68. The maximum absolute atomic E-state index is 12.0. The summed E-state index contributed by atoms with van der Waals surface area (Å²) in [4.78, 5) is 16.1. The van der Waals surface area contributed by atoms with E-state index in [2.05, 4.69) is 15.5 Å². The molecule has 0 saturated carbocycles. The van der Waals surface area contributed by atoms with Gasteiger partial charge in [0.25, 0.3) is 5.91 Å². The fraction of sp³-hybridized carbons (Fsp3) is 0.438. The van der Waals surface area contributed by atoms with E-state index in [9.17, 15) is 4.79 Å². The summed E-state index contributed by atoms with van der Waals surface area (Å²) < 4.78 is 10.6. The van der Waals surface area contributed by atoms with Crippen LogP contribution in [0.5, 0.6) is 5.75 Å². The largest absolute Gasteiger partial charge is 0.485 e. The Balaban J connectivity index is 1.87. The molecule has 0 aliphatic carbocycles. The average molecular weight is 318 g/mol. The molecule has 2 aromatic rings. The lowest BCUT2D eigenvalue weighted by atomic mass is 10.1. The zero-order valence-corrected chi connectivity index (χ0v) is 13.6. The molecule has 3 N–H and O–H groups in total. The average Bonchev–Trinajstić information content (AvgIpc) is 2.98. The number of aryl methyl sites for hydroxylation is 1. The Morgan fingerprint density at radius 3 is 2.61 bits per heavy atom. The van der Waals surface area contributed by atoms with Crippen molar-refractivity contribution in [2.24, 2.45) is 5.73 Å². The Labute approximate surface area is 135 Å². The summed E-state index contributed by atoms with van der Waals surface area (Å²) in [5, 5.41) is 6.60. The van der Waals surface area contributed by atoms with Crippen molar-refractivity contribution in [3.8, 4) is 5.75 Å². The summed E-state index contributed by atoms with van der Waals surface area (Å²) in [6.07, 6.45) is 0.691. The van der Waals surface area contributed by atoms with Gasteiger partial charge in [0.1, 0.15) is 5.75 Å². The molecule has 23 heavy (non-hydrogen) atoms. The van der Waals surface area contributed by atoms with Crippen molar-refractivity contribution in [3.05, 3.63) is 41.5 Å². The highest BCUT2D eigenvalue weighted by atomic mass is 16.5. The molecule has 0 unspecified atom stereocenters. The number of hydrogen-bond acceptors (Lipinski definition) is 6. The van der Waals surface area contributed by atoms with Gasteiger partial charge in [-0.25, -0.2) is 0 Å². The summed E-state index contributed by atoms with van der Waals surface area (Å²) in [7, 11) is 0. The van der Waals surface area contributed by atoms with Gasteiger partial charge in [0.15, 0.2) is 6.61 Å². The van der Waals surface area contributed by atoms with Gasteiger partial charge >= 0.3 is 0 Å². The molecular weight excluding hydrogens is 296 g/mol. The first-order valence-electron chi connectivity index (χ1n) is 7.49. The molecule has 0 aliphatic heterocycles. The monoisotopic (exact) mass is 318 g/mol. The van der Waals surface area contributed by atoms with Crippen molar-refractivity contribution in [3.63, 3.8) is 0 Å². The quantitative estimate of drug-likeness (QED) is 0.805. The van der Waals surface area contributed by atoms with Crippen LogP contribution in [0.15, 0.2) is 28.8 Å². The molecule has 124 valence electrons. The maximum Gasteiger partial charge on any atom is 0.251 e. The fourth-order valence-electron chi connectivity index (χ4n) is 1.75. The highest BCUT2D eigenvalue weighted by Gasteiger charge is 2.13. The van der Waals surface area contributed by atoms with Crippen LogP contribution >= 0.6 is 0 Å². The third-order valence-corrected chi connectivity index (χ3v) is 3.00. The van der Waals surface area contributed by atoms with Gasteiger partial charge in [-0.05, 0) is 38.1 Å². The minimum atomic E-state index is -0.444. The maximum atomic E-state index is 12.0. The van der Waals surface area contributed by atoms with E-state index in [-0.39, 0.29) is 12.5 Å². The van der Waals surface area contributed by atoms with Crippen LogP contribution in [0, 0.1) is 0 Å². The van der Waals surface area contributed by atoms with Crippen LogP contribution in [0.25, 0.3) is 0 Å². The first-order valence-corrected chi connectivity index (χ1v) is 7.49. The van der Waals surface area contributed by atoms with Crippen molar-refractivity contribution in [1.82, 2.24) is 15.5 Å². The van der Waals surface area contributed by atoms with E-state index < -0.39 is 5.54 Å². The van der Waals surface area contributed by atoms with Crippen LogP contribution in [-0.4, -0.2) is 28.1 Å². The molecule has 0 saturated heterocycles. The molecule has 0 bridgehead atoms. The molecule has 0 spiro atoms. The first kappa shape index (κ1) is 17.0. The molecule has 1 aromatic heterocycles. The molecular formula is C16H22N4O3. The number of hydrogen-bond donors (Lipinski definition) is 2. The van der Waals surface area contributed by atoms with Crippen molar-refractivity contribution in [2.45, 2.75) is 39.3 Å². The normalized spacial score (nSPS) is 11.3. The van der Waals surface area contributed by atoms with E-state index in [1.54, 1.807) is 24.3 Å². The summed E-state index contributed by atoms with van der Waals surface area (Å²) >= 11 is 0. The third-order valence-electron chi connectivity index (χ3n) is 3.00. The number of rotatable bonds is 7. The predicted molar refractivity (Wildman–Crippen MR) is 85.0 cm³/mol. The topological polar surface area (TPSA) is 103 Å². The lowest BCUT2D eigenvalue weighted by molar-refractivity contribution is 0.0946. The Morgan fingerprint density at radius 1 is 1.35 bits per heavy atom. The Kier molecular flexibility index (Phi) is 5.33. The minimum absolute atomic E-state index is 0.166. The van der Waals surface area contributed by atoms with Gasteiger partial charge in [-0.1, -0.05) is 12.1 Å². The lowest BCUT2D eigenvalue weighted by Crippen LogP contribution is -2.45. The molecule has 7 nitrogen and oxygen atoms in total. The second-order valence-corrected chi connectivity index (χ2v) is 5.94. The Bertz CT molecular complexity index is 644. The molecule has 0 aliphatic rings. The number of nitrogens with two attached hydrogens (primary N) is 1. The number of benzene rings is 1. The molecule has 0 radical (unpaired) electrons. The number of nitrogens with zero attached hydrogens (tertiary/aromatic N) is 2. The third kappa shape index (κ3) is 5.37. The van der Waals surface area contributed by atoms with E-state index in [4.69, 9.17) is 15.0 Å². The second kappa shape index (κ2) is 7.23. The van der Waals surface area contributed by atoms with Crippen LogP contribution in [0.1, 0.15) is 42.8 Å². The second-order valence-electron chi connectivity index (χ2n) is 5.94. The van der Waals surface area contributed by atoms with Crippen LogP contribution in [0.4, 0.5) is 0 Å². The van der Waals surface area contributed by atoms with Gasteiger partial charge < -0.3 is 20.3 Å². The zero-order chi connectivity index (χ0) is 16.9. The minimum Gasteiger partial charge on any atom is -0.485 e. The number of amides is 1. The van der Waals surface area contributed by atoms with Crippen LogP contribution in [-0.2, 0) is 13.0 Å². The van der Waals surface area contributed by atoms with E-state index in [0.717, 1.165) is 0 Å². The van der Waals surface area contributed by atoms with E-state index in [1.165, 1.54) is 0 Å². The number of aromatic nitrogens is 2. The molecule has 7 heteroatoms. The van der Waals surface area contributed by atoms with E-state index >= 15 is 0 Å². The van der Waals surface area contributed by atoms with Gasteiger partial charge in [-0.2, -0.15) is 4.98 Å². The lowest BCUT2D eigenvalue weighted by Gasteiger charge is -2.18. The summed E-state index contributed by atoms with van der Waals surface area (Å²) in [5.74, 6) is 1.54. The summed E-state index contributed by atoms with van der Waals surface area (Å²) in [6, 6.07) is 6.84. The fourth-order valence-corrected chi connectivity index (χ4v) is 1.75. The van der Waals surface area contributed by atoms with E-state index in [1.807, 2.05) is 20.8 Å².